The highest BCUT2D eigenvalue weighted by Gasteiger charge is 2.44. The van der Waals surface area contributed by atoms with Crippen molar-refractivity contribution in [3.8, 4) is 18.1 Å². The van der Waals surface area contributed by atoms with Crippen molar-refractivity contribution in [2.75, 3.05) is 19.7 Å². The summed E-state index contributed by atoms with van der Waals surface area (Å²) in [5.74, 6) is 2.38. The van der Waals surface area contributed by atoms with Crippen LogP contribution in [0.1, 0.15) is 18.4 Å². The molecule has 0 bridgehead atoms. The van der Waals surface area contributed by atoms with E-state index in [1.54, 1.807) is 0 Å². The third-order valence-corrected chi connectivity index (χ3v) is 4.09. The summed E-state index contributed by atoms with van der Waals surface area (Å²) in [4.78, 5) is 2.07. The zero-order valence-corrected chi connectivity index (χ0v) is 12.7. The topological polar surface area (TPSA) is 32.7 Å². The second-order valence-electron chi connectivity index (χ2n) is 5.70. The first kappa shape index (κ1) is 17.6. The number of benzene rings is 1. The quantitative estimate of drug-likeness (QED) is 0.844. The first-order valence-electron chi connectivity index (χ1n) is 7.53. The van der Waals surface area contributed by atoms with E-state index in [0.29, 0.717) is 38.2 Å². The molecule has 1 N–H and O–H groups in total. The highest BCUT2D eigenvalue weighted by Crippen LogP contribution is 2.32. The molecule has 1 heterocycles. The number of rotatable bonds is 5. The van der Waals surface area contributed by atoms with E-state index in [2.05, 4.69) is 10.8 Å². The first-order valence-corrected chi connectivity index (χ1v) is 7.53. The fourth-order valence-electron chi connectivity index (χ4n) is 2.83. The second kappa shape index (κ2) is 7.71. The van der Waals surface area contributed by atoms with Gasteiger partial charge in [0.15, 0.2) is 6.10 Å². The summed E-state index contributed by atoms with van der Waals surface area (Å²) < 4.78 is 43.1. The summed E-state index contributed by atoms with van der Waals surface area (Å²) in [5, 5.41) is 9.35. The number of aliphatic hydroxyl groups is 1. The Labute approximate surface area is 134 Å². The minimum Gasteiger partial charge on any atom is -0.481 e. The molecule has 1 aliphatic heterocycles. The normalized spacial score (nSPS) is 18.4. The average Bonchev–Trinajstić information content (AvgIpc) is 2.53. The monoisotopic (exact) mass is 327 g/mol. The van der Waals surface area contributed by atoms with E-state index in [0.717, 1.165) is 5.56 Å². The largest absolute Gasteiger partial charge is 0.481 e. The Morgan fingerprint density at radius 1 is 1.30 bits per heavy atom. The van der Waals surface area contributed by atoms with Crippen LogP contribution in [0, 0.1) is 18.3 Å². The fraction of sp³-hybridized carbons (Fsp3) is 0.529. The molecule has 1 fully saturated rings. The highest BCUT2D eigenvalue weighted by molar-refractivity contribution is 5.33. The maximum atomic E-state index is 12.6. The van der Waals surface area contributed by atoms with Crippen molar-refractivity contribution in [1.29, 1.82) is 0 Å². The zero-order valence-electron chi connectivity index (χ0n) is 12.7. The molecule has 23 heavy (non-hydrogen) atoms. The molecule has 126 valence electrons. The number of hydrogen-bond acceptors (Lipinski definition) is 3. The molecule has 1 aromatic carbocycles. The third-order valence-electron chi connectivity index (χ3n) is 4.09. The maximum Gasteiger partial charge on any atom is 0.414 e. The van der Waals surface area contributed by atoms with Crippen LogP contribution in [0.25, 0.3) is 0 Å². The van der Waals surface area contributed by atoms with Gasteiger partial charge in [-0.05, 0) is 37.9 Å². The number of para-hydroxylation sites is 1. The van der Waals surface area contributed by atoms with Gasteiger partial charge in [-0.25, -0.2) is 0 Å². The van der Waals surface area contributed by atoms with Crippen LogP contribution >= 0.6 is 0 Å². The molecule has 6 heteroatoms. The molecule has 0 radical (unpaired) electrons. The Bertz CT molecular complexity index is 546. The van der Waals surface area contributed by atoms with Crippen LogP contribution in [0.5, 0.6) is 5.75 Å². The van der Waals surface area contributed by atoms with Gasteiger partial charge < -0.3 is 9.84 Å². The molecule has 0 aromatic heterocycles. The van der Waals surface area contributed by atoms with Gasteiger partial charge in [-0.3, -0.25) is 4.90 Å². The van der Waals surface area contributed by atoms with Gasteiger partial charge in [-0.2, -0.15) is 13.2 Å². The molecule has 0 saturated carbocycles. The van der Waals surface area contributed by atoms with Crippen molar-refractivity contribution in [3.05, 3.63) is 29.8 Å². The number of nitrogens with zero attached hydrogens (tertiary/aromatic N) is 1. The molecule has 0 aliphatic carbocycles. The van der Waals surface area contributed by atoms with Crippen LogP contribution in [0.4, 0.5) is 13.2 Å². The van der Waals surface area contributed by atoms with E-state index >= 15 is 0 Å². The van der Waals surface area contributed by atoms with Crippen molar-refractivity contribution >= 4 is 0 Å². The van der Waals surface area contributed by atoms with Gasteiger partial charge in [0.25, 0.3) is 0 Å². The Kier molecular flexibility index (Phi) is 5.91. The number of ether oxygens (including phenoxy) is 1. The molecule has 0 amide bonds. The smallest absolute Gasteiger partial charge is 0.414 e. The van der Waals surface area contributed by atoms with Crippen LogP contribution in [-0.2, 0) is 6.54 Å². The Hall–Kier alpha value is -1.71. The van der Waals surface area contributed by atoms with E-state index in [1.807, 2.05) is 24.3 Å². The molecule has 1 aromatic rings. The summed E-state index contributed by atoms with van der Waals surface area (Å²) >= 11 is 0. The highest BCUT2D eigenvalue weighted by atomic mass is 19.4. The van der Waals surface area contributed by atoms with Crippen molar-refractivity contribution in [3.63, 3.8) is 0 Å². The lowest BCUT2D eigenvalue weighted by Gasteiger charge is -2.34. The molecule has 1 unspecified atom stereocenters. The summed E-state index contributed by atoms with van der Waals surface area (Å²) in [6.45, 7) is 1.80. The number of likely N-dealkylation sites (tertiary alicyclic amines) is 1. The number of terminal acetylenes is 1. The van der Waals surface area contributed by atoms with Crippen molar-refractivity contribution in [1.82, 2.24) is 4.90 Å². The summed E-state index contributed by atoms with van der Waals surface area (Å²) in [6, 6.07) is 7.48. The number of halogens is 3. The van der Waals surface area contributed by atoms with E-state index in [4.69, 9.17) is 11.2 Å². The van der Waals surface area contributed by atoms with Crippen molar-refractivity contribution in [2.45, 2.75) is 31.7 Å². The first-order chi connectivity index (χ1) is 10.9. The predicted molar refractivity (Wildman–Crippen MR) is 80.8 cm³/mol. The number of hydrogen-bond donors (Lipinski definition) is 1. The van der Waals surface area contributed by atoms with Gasteiger partial charge in [-0.15, -0.1) is 6.42 Å². The lowest BCUT2D eigenvalue weighted by atomic mass is 9.90. The predicted octanol–water partition coefficient (Wildman–Crippen LogP) is 2.83. The second-order valence-corrected chi connectivity index (χ2v) is 5.70. The van der Waals surface area contributed by atoms with Gasteiger partial charge in [0.2, 0.25) is 0 Å². The zero-order chi connectivity index (χ0) is 16.9. The third kappa shape index (κ3) is 4.88. The molecule has 1 saturated heterocycles. The van der Waals surface area contributed by atoms with Gasteiger partial charge in [0, 0.05) is 12.1 Å². The maximum absolute atomic E-state index is 12.6. The minimum atomic E-state index is -4.54. The van der Waals surface area contributed by atoms with Crippen molar-refractivity contribution in [2.24, 2.45) is 5.92 Å². The number of aliphatic hydroxyl groups excluding tert-OH is 1. The lowest BCUT2D eigenvalue weighted by Crippen LogP contribution is -2.43. The molecule has 2 rings (SSSR count). The molecular formula is C17H20F3NO2. The van der Waals surface area contributed by atoms with E-state index in [-0.39, 0.29) is 6.61 Å². The molecule has 0 spiro atoms. The van der Waals surface area contributed by atoms with E-state index in [9.17, 15) is 18.3 Å². The van der Waals surface area contributed by atoms with Crippen LogP contribution in [0.3, 0.4) is 0 Å². The van der Waals surface area contributed by atoms with Gasteiger partial charge in [0.05, 0.1) is 0 Å². The van der Waals surface area contributed by atoms with Crippen LogP contribution in [-0.4, -0.2) is 42.0 Å². The molecule has 1 atom stereocenters. The van der Waals surface area contributed by atoms with Crippen LogP contribution < -0.4 is 4.74 Å². The van der Waals surface area contributed by atoms with Gasteiger partial charge in [-0.1, -0.05) is 24.1 Å². The van der Waals surface area contributed by atoms with Crippen LogP contribution in [0.2, 0.25) is 0 Å². The van der Waals surface area contributed by atoms with Crippen LogP contribution in [0.15, 0.2) is 24.3 Å². The summed E-state index contributed by atoms with van der Waals surface area (Å²) in [7, 11) is 0. The fourth-order valence-corrected chi connectivity index (χ4v) is 2.83. The number of piperidine rings is 1. The summed E-state index contributed by atoms with van der Waals surface area (Å²) in [5.41, 5.74) is 0.956. The Morgan fingerprint density at radius 3 is 2.57 bits per heavy atom. The minimum absolute atomic E-state index is 0.177. The van der Waals surface area contributed by atoms with Crippen molar-refractivity contribution < 1.29 is 23.0 Å². The van der Waals surface area contributed by atoms with E-state index < -0.39 is 18.2 Å². The Balaban J connectivity index is 1.91. The molecule has 1 aliphatic rings. The van der Waals surface area contributed by atoms with E-state index in [1.165, 1.54) is 0 Å². The van der Waals surface area contributed by atoms with Gasteiger partial charge in [0.1, 0.15) is 12.4 Å². The molecule has 3 nitrogen and oxygen atoms in total. The summed E-state index contributed by atoms with van der Waals surface area (Å²) in [6.07, 6.45) is -0.922. The lowest BCUT2D eigenvalue weighted by molar-refractivity contribution is -0.223. The van der Waals surface area contributed by atoms with Gasteiger partial charge >= 0.3 is 6.18 Å². The SMILES string of the molecule is C#CCOc1ccccc1CN1CCC(C(O)C(F)(F)F)CC1. The Morgan fingerprint density at radius 2 is 1.96 bits per heavy atom. The standard InChI is InChI=1S/C17H20F3NO2/c1-2-11-23-15-6-4-3-5-14(15)12-21-9-7-13(8-10-21)16(22)17(18,19)20/h1,3-6,13,16,22H,7-12H2. The number of alkyl halides is 3. The average molecular weight is 327 g/mol. The molecular weight excluding hydrogens is 307 g/mol.